The van der Waals surface area contributed by atoms with Crippen LogP contribution in [0.4, 0.5) is 13.2 Å². The molecular weight excluding hydrogens is 209 g/mol. The summed E-state index contributed by atoms with van der Waals surface area (Å²) in [5.74, 6) is -2.11. The van der Waals surface area contributed by atoms with Gasteiger partial charge in [-0.2, -0.15) is 0 Å². The molecule has 0 spiro atoms. The molecule has 0 aliphatic carbocycles. The zero-order valence-corrected chi connectivity index (χ0v) is 7.57. The number of rotatable bonds is 1. The van der Waals surface area contributed by atoms with Gasteiger partial charge in [-0.3, -0.25) is 0 Å². The van der Waals surface area contributed by atoms with Gasteiger partial charge in [-0.1, -0.05) is 5.92 Å². The number of halogens is 3. The standard InChI is InChI=1S/C10H5F3O2/c1-2-3-5-6(10(14)15)4-7(11)9(13)8(5)12/h4H,1H3,(H,14,15). The van der Waals surface area contributed by atoms with Gasteiger partial charge in [0.25, 0.3) is 0 Å². The molecule has 15 heavy (non-hydrogen) atoms. The van der Waals surface area contributed by atoms with E-state index >= 15 is 0 Å². The summed E-state index contributed by atoms with van der Waals surface area (Å²) in [5.41, 5.74) is -1.34. The molecule has 78 valence electrons. The Balaban J connectivity index is 3.63. The topological polar surface area (TPSA) is 37.3 Å². The molecule has 0 saturated heterocycles. The fourth-order valence-corrected chi connectivity index (χ4v) is 1.01. The Bertz CT molecular complexity index is 484. The van der Waals surface area contributed by atoms with Crippen LogP contribution in [0.3, 0.4) is 0 Å². The SMILES string of the molecule is CC#Cc1c(C(=O)O)cc(F)c(F)c1F. The summed E-state index contributed by atoms with van der Waals surface area (Å²) in [6.45, 7) is 1.33. The van der Waals surface area contributed by atoms with Gasteiger partial charge < -0.3 is 5.11 Å². The first-order chi connectivity index (χ1) is 6.99. The van der Waals surface area contributed by atoms with Crippen molar-refractivity contribution in [3.05, 3.63) is 34.6 Å². The van der Waals surface area contributed by atoms with Gasteiger partial charge in [0.15, 0.2) is 17.5 Å². The second kappa shape index (κ2) is 4.05. The van der Waals surface area contributed by atoms with E-state index in [9.17, 15) is 18.0 Å². The van der Waals surface area contributed by atoms with Crippen molar-refractivity contribution in [2.75, 3.05) is 0 Å². The van der Waals surface area contributed by atoms with E-state index in [1.807, 2.05) is 0 Å². The second-order valence-electron chi connectivity index (χ2n) is 2.59. The number of hydrogen-bond acceptors (Lipinski definition) is 1. The van der Waals surface area contributed by atoms with Crippen molar-refractivity contribution in [1.82, 2.24) is 0 Å². The molecule has 0 aliphatic rings. The molecule has 0 fully saturated rings. The van der Waals surface area contributed by atoms with Crippen molar-refractivity contribution >= 4 is 5.97 Å². The van der Waals surface area contributed by atoms with E-state index in [4.69, 9.17) is 5.11 Å². The largest absolute Gasteiger partial charge is 0.478 e. The van der Waals surface area contributed by atoms with Crippen molar-refractivity contribution < 1.29 is 23.1 Å². The molecule has 5 heteroatoms. The predicted molar refractivity (Wildman–Crippen MR) is 45.8 cm³/mol. The summed E-state index contributed by atoms with van der Waals surface area (Å²) in [6, 6.07) is 0.403. The number of hydrogen-bond donors (Lipinski definition) is 1. The summed E-state index contributed by atoms with van der Waals surface area (Å²) in [4.78, 5) is 10.6. The lowest BCUT2D eigenvalue weighted by molar-refractivity contribution is 0.0695. The third-order valence-electron chi connectivity index (χ3n) is 1.64. The molecule has 0 aromatic heterocycles. The average molecular weight is 214 g/mol. The quantitative estimate of drug-likeness (QED) is 0.574. The Hall–Kier alpha value is -1.96. The Labute approximate surface area is 83.3 Å². The lowest BCUT2D eigenvalue weighted by atomic mass is 10.1. The van der Waals surface area contributed by atoms with E-state index in [2.05, 4.69) is 11.8 Å². The monoisotopic (exact) mass is 214 g/mol. The summed E-state index contributed by atoms with van der Waals surface area (Å²) >= 11 is 0. The van der Waals surface area contributed by atoms with Crippen LogP contribution in [0.15, 0.2) is 6.07 Å². The number of carboxylic acid groups (broad SMARTS) is 1. The first kappa shape index (κ1) is 11.1. The predicted octanol–water partition coefficient (Wildman–Crippen LogP) is 2.17. The molecule has 2 nitrogen and oxygen atoms in total. The summed E-state index contributed by atoms with van der Waals surface area (Å²) < 4.78 is 38.5. The highest BCUT2D eigenvalue weighted by atomic mass is 19.2. The van der Waals surface area contributed by atoms with Crippen molar-refractivity contribution in [3.63, 3.8) is 0 Å². The van der Waals surface area contributed by atoms with Crippen LogP contribution >= 0.6 is 0 Å². The zero-order chi connectivity index (χ0) is 11.6. The maximum atomic E-state index is 13.1. The van der Waals surface area contributed by atoms with Gasteiger partial charge in [-0.25, -0.2) is 18.0 Å². The highest BCUT2D eigenvalue weighted by molar-refractivity contribution is 5.90. The molecule has 0 radical (unpaired) electrons. The van der Waals surface area contributed by atoms with Crippen LogP contribution in [-0.4, -0.2) is 11.1 Å². The third-order valence-corrected chi connectivity index (χ3v) is 1.64. The molecule has 0 aliphatic heterocycles. The number of carbonyl (C=O) groups is 1. The number of carboxylic acids is 1. The minimum absolute atomic E-state index is 0.403. The average Bonchev–Trinajstić information content (AvgIpc) is 2.18. The van der Waals surface area contributed by atoms with Crippen LogP contribution in [-0.2, 0) is 0 Å². The van der Waals surface area contributed by atoms with Gasteiger partial charge in [0.2, 0.25) is 0 Å². The molecule has 1 aromatic rings. The first-order valence-corrected chi connectivity index (χ1v) is 3.82. The third kappa shape index (κ3) is 1.94. The lowest BCUT2D eigenvalue weighted by Gasteiger charge is -2.02. The lowest BCUT2D eigenvalue weighted by Crippen LogP contribution is -2.06. The summed E-state index contributed by atoms with van der Waals surface area (Å²) in [6.07, 6.45) is 0. The molecule has 0 unspecified atom stereocenters. The first-order valence-electron chi connectivity index (χ1n) is 3.82. The van der Waals surface area contributed by atoms with Crippen molar-refractivity contribution in [3.8, 4) is 11.8 Å². The summed E-state index contributed by atoms with van der Waals surface area (Å²) in [5, 5.41) is 8.61. The summed E-state index contributed by atoms with van der Waals surface area (Å²) in [7, 11) is 0. The number of benzene rings is 1. The normalized spacial score (nSPS) is 9.33. The van der Waals surface area contributed by atoms with Gasteiger partial charge in [0.05, 0.1) is 11.1 Å². The maximum absolute atomic E-state index is 13.1. The molecule has 0 heterocycles. The molecule has 0 amide bonds. The highest BCUT2D eigenvalue weighted by Gasteiger charge is 2.20. The highest BCUT2D eigenvalue weighted by Crippen LogP contribution is 2.19. The maximum Gasteiger partial charge on any atom is 0.337 e. The molecule has 1 N–H and O–H groups in total. The molecule has 0 bridgehead atoms. The molecule has 0 atom stereocenters. The number of aromatic carboxylic acids is 1. The molecule has 0 saturated carbocycles. The van der Waals surface area contributed by atoms with E-state index in [1.54, 1.807) is 0 Å². The van der Waals surface area contributed by atoms with E-state index in [0.717, 1.165) is 0 Å². The molecule has 1 aromatic carbocycles. The van der Waals surface area contributed by atoms with Gasteiger partial charge in [0.1, 0.15) is 0 Å². The van der Waals surface area contributed by atoms with Crippen molar-refractivity contribution in [1.29, 1.82) is 0 Å². The van der Waals surface area contributed by atoms with E-state index in [-0.39, 0.29) is 0 Å². The Morgan fingerprint density at radius 3 is 2.40 bits per heavy atom. The van der Waals surface area contributed by atoms with E-state index < -0.39 is 34.5 Å². The van der Waals surface area contributed by atoms with E-state index in [1.165, 1.54) is 6.92 Å². The van der Waals surface area contributed by atoms with Gasteiger partial charge in [-0.05, 0) is 13.0 Å². The van der Waals surface area contributed by atoms with Crippen LogP contribution in [0.5, 0.6) is 0 Å². The minimum Gasteiger partial charge on any atom is -0.478 e. The second-order valence-corrected chi connectivity index (χ2v) is 2.59. The van der Waals surface area contributed by atoms with Crippen molar-refractivity contribution in [2.24, 2.45) is 0 Å². The van der Waals surface area contributed by atoms with Crippen LogP contribution in [0.2, 0.25) is 0 Å². The Morgan fingerprint density at radius 2 is 1.93 bits per heavy atom. The van der Waals surface area contributed by atoms with Crippen LogP contribution < -0.4 is 0 Å². The molecule has 1 rings (SSSR count). The Morgan fingerprint density at radius 1 is 1.33 bits per heavy atom. The van der Waals surface area contributed by atoms with Gasteiger partial charge >= 0.3 is 5.97 Å². The van der Waals surface area contributed by atoms with Crippen LogP contribution in [0, 0.1) is 29.3 Å². The fraction of sp³-hybridized carbons (Fsp3) is 0.100. The van der Waals surface area contributed by atoms with Gasteiger partial charge in [0, 0.05) is 0 Å². The van der Waals surface area contributed by atoms with Crippen LogP contribution in [0.1, 0.15) is 22.8 Å². The molecular formula is C10H5F3O2. The van der Waals surface area contributed by atoms with Crippen LogP contribution in [0.25, 0.3) is 0 Å². The van der Waals surface area contributed by atoms with E-state index in [0.29, 0.717) is 6.07 Å². The fourth-order valence-electron chi connectivity index (χ4n) is 1.01. The zero-order valence-electron chi connectivity index (χ0n) is 7.57. The smallest absolute Gasteiger partial charge is 0.337 e. The Kier molecular flexibility index (Phi) is 3.00. The van der Waals surface area contributed by atoms with Gasteiger partial charge in [-0.15, -0.1) is 5.92 Å². The van der Waals surface area contributed by atoms with Crippen molar-refractivity contribution in [2.45, 2.75) is 6.92 Å². The minimum atomic E-state index is -1.72.